The van der Waals surface area contributed by atoms with E-state index in [9.17, 15) is 14.4 Å². The van der Waals surface area contributed by atoms with Gasteiger partial charge in [0.2, 0.25) is 0 Å². The van der Waals surface area contributed by atoms with E-state index in [4.69, 9.17) is 14.2 Å². The van der Waals surface area contributed by atoms with Crippen LogP contribution in [0.4, 0.5) is 5.69 Å². The predicted molar refractivity (Wildman–Crippen MR) is 164 cm³/mol. The first-order valence-electron chi connectivity index (χ1n) is 14.0. The lowest BCUT2D eigenvalue weighted by molar-refractivity contribution is -0.119. The van der Waals surface area contributed by atoms with Crippen molar-refractivity contribution in [3.63, 3.8) is 0 Å². The van der Waals surface area contributed by atoms with Crippen LogP contribution in [0.15, 0.2) is 63.4 Å². The van der Waals surface area contributed by atoms with Gasteiger partial charge in [0.15, 0.2) is 29.7 Å². The standard InChI is InChI=1S/C33H37BrN2O6/c1-32(2)13-22-29(24(37)15-32)28(30-23(36-22)14-33(3,4)16-25(30)38)18-11-21(34)31(26(12-18)41-6)42-17-27(39)35-19-7-9-20(40-5)10-8-19/h7-12,28,36H,13-17H2,1-6H3,(H,35,39). The Kier molecular flexibility index (Phi) is 8.00. The number of hydrogen-bond acceptors (Lipinski definition) is 7. The van der Waals surface area contributed by atoms with Crippen LogP contribution in [-0.4, -0.2) is 38.3 Å². The highest BCUT2D eigenvalue weighted by Crippen LogP contribution is 2.52. The van der Waals surface area contributed by atoms with Crippen LogP contribution in [0.25, 0.3) is 0 Å². The fourth-order valence-corrected chi connectivity index (χ4v) is 6.85. The Morgan fingerprint density at radius 1 is 0.905 bits per heavy atom. The Bertz CT molecular complexity index is 1470. The lowest BCUT2D eigenvalue weighted by Crippen LogP contribution is -2.42. The summed E-state index contributed by atoms with van der Waals surface area (Å²) in [5, 5.41) is 6.34. The van der Waals surface area contributed by atoms with Crippen LogP contribution in [0.3, 0.4) is 0 Å². The number of amides is 1. The number of hydrogen-bond donors (Lipinski definition) is 2. The second-order valence-corrected chi connectivity index (χ2v) is 13.7. The first-order chi connectivity index (χ1) is 19.8. The fraction of sp³-hybridized carbons (Fsp3) is 0.424. The largest absolute Gasteiger partial charge is 0.497 e. The van der Waals surface area contributed by atoms with Gasteiger partial charge >= 0.3 is 0 Å². The molecule has 0 unspecified atom stereocenters. The van der Waals surface area contributed by atoms with Gasteiger partial charge in [-0.3, -0.25) is 14.4 Å². The first-order valence-corrected chi connectivity index (χ1v) is 14.8. The van der Waals surface area contributed by atoms with Crippen LogP contribution in [-0.2, 0) is 14.4 Å². The molecule has 0 radical (unpaired) electrons. The Hall–Kier alpha value is -3.59. The summed E-state index contributed by atoms with van der Waals surface area (Å²) in [4.78, 5) is 40.0. The van der Waals surface area contributed by atoms with E-state index >= 15 is 0 Å². The van der Waals surface area contributed by atoms with E-state index in [1.807, 2.05) is 12.1 Å². The van der Waals surface area contributed by atoms with Gasteiger partial charge < -0.3 is 24.8 Å². The van der Waals surface area contributed by atoms with Gasteiger partial charge in [-0.1, -0.05) is 27.7 Å². The van der Waals surface area contributed by atoms with Gasteiger partial charge in [0, 0.05) is 47.0 Å². The van der Waals surface area contributed by atoms with E-state index in [-0.39, 0.29) is 34.9 Å². The third kappa shape index (κ3) is 5.98. The Morgan fingerprint density at radius 3 is 2.00 bits per heavy atom. The number of carbonyl (C=O) groups is 3. The van der Waals surface area contributed by atoms with Gasteiger partial charge in [-0.15, -0.1) is 0 Å². The molecule has 222 valence electrons. The molecule has 1 aliphatic heterocycles. The minimum atomic E-state index is -0.513. The number of dihydropyridines is 1. The van der Waals surface area contributed by atoms with Crippen LogP contribution in [0.5, 0.6) is 17.2 Å². The van der Waals surface area contributed by atoms with Gasteiger partial charge in [-0.05, 0) is 81.6 Å². The number of rotatable bonds is 7. The number of anilines is 1. The molecule has 0 bridgehead atoms. The molecular weight excluding hydrogens is 600 g/mol. The van der Waals surface area contributed by atoms with E-state index < -0.39 is 5.92 Å². The highest BCUT2D eigenvalue weighted by atomic mass is 79.9. The summed E-state index contributed by atoms with van der Waals surface area (Å²) in [7, 11) is 3.10. The second kappa shape index (κ2) is 11.2. The molecule has 0 saturated carbocycles. The van der Waals surface area contributed by atoms with Crippen LogP contribution in [0.2, 0.25) is 0 Å². The van der Waals surface area contributed by atoms with Crippen molar-refractivity contribution in [1.82, 2.24) is 5.32 Å². The van der Waals surface area contributed by atoms with E-state index in [1.165, 1.54) is 7.11 Å². The number of halogens is 1. The summed E-state index contributed by atoms with van der Waals surface area (Å²) in [6, 6.07) is 10.7. The zero-order valence-electron chi connectivity index (χ0n) is 24.9. The van der Waals surface area contributed by atoms with Crippen molar-refractivity contribution in [2.24, 2.45) is 10.8 Å². The summed E-state index contributed by atoms with van der Waals surface area (Å²) in [6.07, 6.45) is 2.27. The number of allylic oxidation sites excluding steroid dienone is 4. The van der Waals surface area contributed by atoms with Gasteiger partial charge in [0.1, 0.15) is 5.75 Å². The van der Waals surface area contributed by atoms with Crippen molar-refractivity contribution >= 4 is 39.1 Å². The molecule has 42 heavy (non-hydrogen) atoms. The van der Waals surface area contributed by atoms with Crippen LogP contribution < -0.4 is 24.8 Å². The molecule has 0 spiro atoms. The molecule has 8 nitrogen and oxygen atoms in total. The lowest BCUT2D eigenvalue weighted by Gasteiger charge is -2.44. The zero-order valence-corrected chi connectivity index (χ0v) is 26.5. The molecule has 2 N–H and O–H groups in total. The molecule has 9 heteroatoms. The molecule has 0 aromatic heterocycles. The molecule has 5 rings (SSSR count). The van der Waals surface area contributed by atoms with E-state index in [0.29, 0.717) is 51.4 Å². The minimum Gasteiger partial charge on any atom is -0.497 e. The molecule has 0 saturated heterocycles. The van der Waals surface area contributed by atoms with E-state index in [2.05, 4.69) is 54.3 Å². The summed E-state index contributed by atoms with van der Waals surface area (Å²) in [5.41, 5.74) is 4.13. The SMILES string of the molecule is COc1ccc(NC(=O)COc2c(Br)cc(C3C4=C(CC(C)(C)CC4=O)NC4=C3C(=O)CC(C)(C)C4)cc2OC)cc1. The highest BCUT2D eigenvalue weighted by molar-refractivity contribution is 9.10. The first kappa shape index (κ1) is 29.9. The van der Waals surface area contributed by atoms with Gasteiger partial charge in [-0.25, -0.2) is 0 Å². The number of nitrogens with one attached hydrogen (secondary N) is 2. The molecule has 1 amide bonds. The number of carbonyl (C=O) groups excluding carboxylic acids is 3. The highest BCUT2D eigenvalue weighted by Gasteiger charge is 2.46. The lowest BCUT2D eigenvalue weighted by atomic mass is 9.64. The van der Waals surface area contributed by atoms with E-state index in [1.54, 1.807) is 31.4 Å². The number of ketones is 2. The summed E-state index contributed by atoms with van der Waals surface area (Å²) >= 11 is 3.61. The molecular formula is C33H37BrN2O6. The van der Waals surface area contributed by atoms with Gasteiger partial charge in [-0.2, -0.15) is 0 Å². The maximum atomic E-state index is 13.7. The maximum Gasteiger partial charge on any atom is 0.262 e. The fourth-order valence-electron chi connectivity index (χ4n) is 6.28. The van der Waals surface area contributed by atoms with Crippen molar-refractivity contribution in [1.29, 1.82) is 0 Å². The van der Waals surface area contributed by atoms with Gasteiger partial charge in [0.25, 0.3) is 5.91 Å². The Balaban J connectivity index is 1.47. The quantitative estimate of drug-likeness (QED) is 0.360. The zero-order chi connectivity index (χ0) is 30.4. The number of ether oxygens (including phenoxy) is 3. The Morgan fingerprint density at radius 2 is 1.48 bits per heavy atom. The predicted octanol–water partition coefficient (Wildman–Crippen LogP) is 6.46. The summed E-state index contributed by atoms with van der Waals surface area (Å²) in [5.74, 6) is 0.687. The van der Waals surface area contributed by atoms with Crippen molar-refractivity contribution in [3.8, 4) is 17.2 Å². The normalized spacial score (nSPS) is 19.5. The Labute approximate surface area is 255 Å². The molecule has 0 atom stereocenters. The molecule has 3 aliphatic rings. The average molecular weight is 638 g/mol. The third-order valence-corrected chi connectivity index (χ3v) is 8.61. The van der Waals surface area contributed by atoms with Gasteiger partial charge in [0.05, 0.1) is 18.7 Å². The minimum absolute atomic E-state index is 0.0496. The number of Topliss-reactive ketones (excluding diaryl/α,β-unsaturated/α-hetero) is 2. The smallest absolute Gasteiger partial charge is 0.262 e. The van der Waals surface area contributed by atoms with E-state index in [0.717, 1.165) is 29.8 Å². The van der Waals surface area contributed by atoms with Crippen LogP contribution in [0.1, 0.15) is 64.9 Å². The molecule has 2 aliphatic carbocycles. The molecule has 2 aromatic rings. The molecule has 1 heterocycles. The van der Waals surface area contributed by atoms with Crippen molar-refractivity contribution < 1.29 is 28.6 Å². The average Bonchev–Trinajstić information content (AvgIpc) is 2.89. The molecule has 0 fully saturated rings. The number of methoxy groups -OCH3 is 2. The van der Waals surface area contributed by atoms with Crippen LogP contribution >= 0.6 is 15.9 Å². The second-order valence-electron chi connectivity index (χ2n) is 12.8. The topological polar surface area (TPSA) is 103 Å². The third-order valence-electron chi connectivity index (χ3n) is 8.03. The summed E-state index contributed by atoms with van der Waals surface area (Å²) < 4.78 is 17.3. The number of benzene rings is 2. The maximum absolute atomic E-state index is 13.7. The monoisotopic (exact) mass is 636 g/mol. The van der Waals surface area contributed by atoms with Crippen molar-refractivity contribution in [2.75, 3.05) is 26.1 Å². The molecule has 2 aromatic carbocycles. The van der Waals surface area contributed by atoms with Crippen LogP contribution in [0, 0.1) is 10.8 Å². The summed E-state index contributed by atoms with van der Waals surface area (Å²) in [6.45, 7) is 8.15. The van der Waals surface area contributed by atoms with Crippen molar-refractivity contribution in [3.05, 3.63) is 69.0 Å². The van der Waals surface area contributed by atoms with Crippen molar-refractivity contribution in [2.45, 2.75) is 59.3 Å².